The molecule has 0 aromatic heterocycles. The summed E-state index contributed by atoms with van der Waals surface area (Å²) in [5, 5.41) is 11.2. The maximum absolute atomic E-state index is 13.3. The van der Waals surface area contributed by atoms with E-state index in [0.717, 1.165) is 0 Å². The molecular weight excluding hydrogens is 462 g/mol. The zero-order chi connectivity index (χ0) is 25.8. The molecule has 1 amide bonds. The first-order valence-corrected chi connectivity index (χ1v) is 11.3. The van der Waals surface area contributed by atoms with Crippen LogP contribution in [-0.2, 0) is 14.3 Å². The minimum atomic E-state index is -0.911. The van der Waals surface area contributed by atoms with Crippen LogP contribution >= 0.6 is 0 Å². The number of ether oxygens (including phenoxy) is 3. The third-order valence-electron chi connectivity index (χ3n) is 5.90. The maximum Gasteiger partial charge on any atom is 0.338 e. The van der Waals surface area contributed by atoms with E-state index in [4.69, 9.17) is 14.2 Å². The van der Waals surface area contributed by atoms with Crippen molar-refractivity contribution in [2.24, 2.45) is 0 Å². The molecule has 0 saturated carbocycles. The summed E-state index contributed by atoms with van der Waals surface area (Å²) in [6.07, 6.45) is 0. The van der Waals surface area contributed by atoms with Crippen LogP contribution in [0.15, 0.2) is 78.4 Å². The number of carbonyl (C=O) groups is 3. The van der Waals surface area contributed by atoms with Crippen LogP contribution in [0.2, 0.25) is 0 Å². The van der Waals surface area contributed by atoms with E-state index < -0.39 is 23.7 Å². The topological polar surface area (TPSA) is 102 Å². The van der Waals surface area contributed by atoms with Crippen molar-refractivity contribution in [1.82, 2.24) is 0 Å². The van der Waals surface area contributed by atoms with Crippen LogP contribution in [0.4, 0.5) is 5.69 Å². The number of aliphatic hydroxyl groups is 1. The van der Waals surface area contributed by atoms with Crippen molar-refractivity contribution in [2.45, 2.75) is 13.0 Å². The number of amides is 1. The monoisotopic (exact) mass is 487 g/mol. The molecule has 8 nitrogen and oxygen atoms in total. The second-order valence-corrected chi connectivity index (χ2v) is 7.94. The quantitative estimate of drug-likeness (QED) is 0.226. The van der Waals surface area contributed by atoms with Crippen molar-refractivity contribution >= 4 is 29.1 Å². The number of ketones is 1. The second kappa shape index (κ2) is 10.4. The molecule has 36 heavy (non-hydrogen) atoms. The molecule has 0 spiro atoms. The summed E-state index contributed by atoms with van der Waals surface area (Å²) in [6.45, 7) is 1.95. The average molecular weight is 488 g/mol. The van der Waals surface area contributed by atoms with Gasteiger partial charge in [0, 0.05) is 11.3 Å². The molecule has 1 aliphatic rings. The van der Waals surface area contributed by atoms with E-state index in [0.29, 0.717) is 33.9 Å². The number of nitrogens with zero attached hydrogens (tertiary/aromatic N) is 1. The number of aliphatic hydroxyl groups excluding tert-OH is 1. The van der Waals surface area contributed by atoms with Gasteiger partial charge in [0.05, 0.1) is 38.0 Å². The first kappa shape index (κ1) is 24.5. The zero-order valence-corrected chi connectivity index (χ0v) is 20.1. The largest absolute Gasteiger partial charge is 0.507 e. The summed E-state index contributed by atoms with van der Waals surface area (Å²) in [4.78, 5) is 39.9. The van der Waals surface area contributed by atoms with E-state index in [2.05, 4.69) is 0 Å². The Hall–Kier alpha value is -4.59. The van der Waals surface area contributed by atoms with Crippen LogP contribution in [0.5, 0.6) is 11.5 Å². The zero-order valence-electron chi connectivity index (χ0n) is 20.1. The number of Topliss-reactive ketones (excluding diaryl/α,β-unsaturated/α-hetero) is 1. The van der Waals surface area contributed by atoms with Gasteiger partial charge >= 0.3 is 5.97 Å². The molecule has 0 radical (unpaired) electrons. The summed E-state index contributed by atoms with van der Waals surface area (Å²) in [7, 11) is 3.06. The molecule has 1 heterocycles. The maximum atomic E-state index is 13.3. The standard InChI is InChI=1S/C28H25NO7/c1-4-36-28(33)19-5-11-20(12-6-19)29-24(17-7-13-21(34-2)14-8-17)23(26(31)27(29)32)25(30)18-9-15-22(35-3)16-10-18/h5-16,24,30H,4H2,1-3H3/t24-/m1/s1. The Bertz CT molecular complexity index is 1310. The van der Waals surface area contributed by atoms with Gasteiger partial charge in [0.2, 0.25) is 0 Å². The molecule has 0 bridgehead atoms. The molecule has 1 saturated heterocycles. The fraction of sp³-hybridized carbons (Fsp3) is 0.179. The molecule has 1 fully saturated rings. The number of anilines is 1. The van der Waals surface area contributed by atoms with Gasteiger partial charge in [0.25, 0.3) is 11.7 Å². The van der Waals surface area contributed by atoms with Gasteiger partial charge in [0.15, 0.2) is 0 Å². The molecule has 8 heteroatoms. The van der Waals surface area contributed by atoms with E-state index in [1.54, 1.807) is 67.6 Å². The third-order valence-corrected chi connectivity index (χ3v) is 5.90. The summed E-state index contributed by atoms with van der Waals surface area (Å²) in [5.41, 5.74) is 1.62. The molecular formula is C28H25NO7. The Labute approximate surface area is 208 Å². The first-order chi connectivity index (χ1) is 17.4. The lowest BCUT2D eigenvalue weighted by atomic mass is 9.95. The number of hydrogen-bond donors (Lipinski definition) is 1. The highest BCUT2D eigenvalue weighted by Gasteiger charge is 2.47. The van der Waals surface area contributed by atoms with Crippen LogP contribution in [0, 0.1) is 0 Å². The fourth-order valence-corrected chi connectivity index (χ4v) is 4.08. The number of methoxy groups -OCH3 is 2. The van der Waals surface area contributed by atoms with Gasteiger partial charge in [-0.05, 0) is 73.2 Å². The van der Waals surface area contributed by atoms with Gasteiger partial charge in [-0.15, -0.1) is 0 Å². The minimum absolute atomic E-state index is 0.0511. The molecule has 1 aliphatic heterocycles. The van der Waals surface area contributed by atoms with Gasteiger partial charge in [-0.2, -0.15) is 0 Å². The van der Waals surface area contributed by atoms with Crippen LogP contribution in [0.3, 0.4) is 0 Å². The van der Waals surface area contributed by atoms with E-state index in [9.17, 15) is 19.5 Å². The van der Waals surface area contributed by atoms with Crippen molar-refractivity contribution < 1.29 is 33.7 Å². The summed E-state index contributed by atoms with van der Waals surface area (Å²) < 4.78 is 15.4. The van der Waals surface area contributed by atoms with E-state index >= 15 is 0 Å². The van der Waals surface area contributed by atoms with Gasteiger partial charge in [-0.3, -0.25) is 14.5 Å². The lowest BCUT2D eigenvalue weighted by molar-refractivity contribution is -0.132. The van der Waals surface area contributed by atoms with Crippen molar-refractivity contribution in [1.29, 1.82) is 0 Å². The Morgan fingerprint density at radius 3 is 1.89 bits per heavy atom. The highest BCUT2D eigenvalue weighted by Crippen LogP contribution is 2.42. The van der Waals surface area contributed by atoms with Crippen molar-refractivity contribution in [3.8, 4) is 11.5 Å². The average Bonchev–Trinajstić information content (AvgIpc) is 3.18. The lowest BCUT2D eigenvalue weighted by Crippen LogP contribution is -2.29. The summed E-state index contributed by atoms with van der Waals surface area (Å²) in [6, 6.07) is 18.7. The summed E-state index contributed by atoms with van der Waals surface area (Å²) >= 11 is 0. The van der Waals surface area contributed by atoms with Crippen LogP contribution < -0.4 is 14.4 Å². The number of benzene rings is 3. The van der Waals surface area contributed by atoms with Crippen molar-refractivity contribution in [3.63, 3.8) is 0 Å². The Morgan fingerprint density at radius 2 is 1.36 bits per heavy atom. The van der Waals surface area contributed by atoms with Crippen molar-refractivity contribution in [2.75, 3.05) is 25.7 Å². The number of hydrogen-bond acceptors (Lipinski definition) is 7. The van der Waals surface area contributed by atoms with Crippen LogP contribution in [0.1, 0.15) is 34.5 Å². The highest BCUT2D eigenvalue weighted by molar-refractivity contribution is 6.51. The van der Waals surface area contributed by atoms with Crippen LogP contribution in [-0.4, -0.2) is 43.6 Å². The first-order valence-electron chi connectivity index (χ1n) is 11.3. The summed E-state index contributed by atoms with van der Waals surface area (Å²) in [5.74, 6) is -1.22. The molecule has 0 aliphatic carbocycles. The Morgan fingerprint density at radius 1 is 0.833 bits per heavy atom. The minimum Gasteiger partial charge on any atom is -0.507 e. The Kier molecular flexibility index (Phi) is 7.05. The predicted molar refractivity (Wildman–Crippen MR) is 133 cm³/mol. The van der Waals surface area contributed by atoms with Gasteiger partial charge < -0.3 is 19.3 Å². The van der Waals surface area contributed by atoms with Crippen LogP contribution in [0.25, 0.3) is 5.76 Å². The van der Waals surface area contributed by atoms with Gasteiger partial charge in [0.1, 0.15) is 17.3 Å². The Balaban J connectivity index is 1.84. The number of esters is 1. The normalized spacial score (nSPS) is 16.6. The van der Waals surface area contributed by atoms with Gasteiger partial charge in [-0.1, -0.05) is 12.1 Å². The lowest BCUT2D eigenvalue weighted by Gasteiger charge is -2.25. The van der Waals surface area contributed by atoms with Crippen molar-refractivity contribution in [3.05, 3.63) is 95.1 Å². The molecule has 3 aromatic carbocycles. The molecule has 1 atom stereocenters. The molecule has 184 valence electrons. The second-order valence-electron chi connectivity index (χ2n) is 7.94. The molecule has 3 aromatic rings. The third kappa shape index (κ3) is 4.53. The highest BCUT2D eigenvalue weighted by atomic mass is 16.5. The SMILES string of the molecule is CCOC(=O)c1ccc(N2C(=O)C(=O)C(=C(O)c3ccc(OC)cc3)[C@H]2c2ccc(OC)cc2)cc1. The smallest absolute Gasteiger partial charge is 0.338 e. The molecule has 1 N–H and O–H groups in total. The molecule has 0 unspecified atom stereocenters. The van der Waals surface area contributed by atoms with E-state index in [-0.39, 0.29) is 17.9 Å². The number of carbonyl (C=O) groups excluding carboxylic acids is 3. The molecule has 4 rings (SSSR count). The van der Waals surface area contributed by atoms with E-state index in [1.165, 1.54) is 31.3 Å². The van der Waals surface area contributed by atoms with Gasteiger partial charge in [-0.25, -0.2) is 4.79 Å². The predicted octanol–water partition coefficient (Wildman–Crippen LogP) is 4.51. The number of rotatable bonds is 7. The van der Waals surface area contributed by atoms with E-state index in [1.807, 2.05) is 0 Å². The fourth-order valence-electron chi connectivity index (χ4n) is 4.08.